The Morgan fingerprint density at radius 1 is 1.62 bits per heavy atom. The molecule has 0 unspecified atom stereocenters. The first-order chi connectivity index (χ1) is 6.22. The fourth-order valence-electron chi connectivity index (χ4n) is 0.837. The summed E-state index contributed by atoms with van der Waals surface area (Å²) in [6.45, 7) is 2.33. The molecule has 1 rings (SSSR count). The van der Waals surface area contributed by atoms with Gasteiger partial charge in [-0.2, -0.15) is 0 Å². The van der Waals surface area contributed by atoms with Gasteiger partial charge in [0.1, 0.15) is 5.15 Å². The summed E-state index contributed by atoms with van der Waals surface area (Å²) >= 11 is 5.60. The van der Waals surface area contributed by atoms with Gasteiger partial charge in [0.05, 0.1) is 0 Å². The number of hydrogen-bond acceptors (Lipinski definition) is 2. The van der Waals surface area contributed by atoms with E-state index in [1.165, 1.54) is 0 Å². The third-order valence-electron chi connectivity index (χ3n) is 1.60. The highest BCUT2D eigenvalue weighted by Crippen LogP contribution is 2.04. The Hall–Kier alpha value is -1.09. The molecular weight excluding hydrogens is 188 g/mol. The van der Waals surface area contributed by atoms with E-state index in [0.29, 0.717) is 18.1 Å². The van der Waals surface area contributed by atoms with E-state index in [4.69, 9.17) is 11.6 Å². The van der Waals surface area contributed by atoms with E-state index < -0.39 is 0 Å². The van der Waals surface area contributed by atoms with Crippen LogP contribution in [0.15, 0.2) is 18.3 Å². The molecule has 0 spiro atoms. The van der Waals surface area contributed by atoms with Crippen molar-refractivity contribution in [3.8, 4) is 0 Å². The first-order valence-electron chi connectivity index (χ1n) is 4.09. The lowest BCUT2D eigenvalue weighted by Crippen LogP contribution is -2.21. The van der Waals surface area contributed by atoms with Crippen LogP contribution in [0.25, 0.3) is 0 Å². The molecule has 0 bridgehead atoms. The predicted molar refractivity (Wildman–Crippen MR) is 51.4 cm³/mol. The molecule has 13 heavy (non-hydrogen) atoms. The van der Waals surface area contributed by atoms with E-state index >= 15 is 0 Å². The van der Waals surface area contributed by atoms with Crippen molar-refractivity contribution in [3.05, 3.63) is 29.0 Å². The van der Waals surface area contributed by atoms with Crippen molar-refractivity contribution in [2.75, 3.05) is 0 Å². The van der Waals surface area contributed by atoms with E-state index in [1.54, 1.807) is 12.3 Å². The van der Waals surface area contributed by atoms with Gasteiger partial charge in [0.2, 0.25) is 5.91 Å². The van der Waals surface area contributed by atoms with E-state index in [9.17, 15) is 4.79 Å². The zero-order valence-corrected chi connectivity index (χ0v) is 8.14. The summed E-state index contributed by atoms with van der Waals surface area (Å²) in [7, 11) is 0. The molecule has 1 heterocycles. The molecule has 1 aromatic heterocycles. The topological polar surface area (TPSA) is 42.0 Å². The number of nitrogens with one attached hydrogen (secondary N) is 1. The van der Waals surface area contributed by atoms with Gasteiger partial charge in [-0.3, -0.25) is 4.79 Å². The zero-order chi connectivity index (χ0) is 9.68. The van der Waals surface area contributed by atoms with Gasteiger partial charge >= 0.3 is 0 Å². The fraction of sp³-hybridized carbons (Fsp3) is 0.333. The normalized spacial score (nSPS) is 9.69. The van der Waals surface area contributed by atoms with Crippen molar-refractivity contribution in [2.24, 2.45) is 0 Å². The quantitative estimate of drug-likeness (QED) is 0.753. The van der Waals surface area contributed by atoms with Crippen LogP contribution in [0, 0.1) is 0 Å². The summed E-state index contributed by atoms with van der Waals surface area (Å²) in [6.07, 6.45) is 2.15. The van der Waals surface area contributed by atoms with Gasteiger partial charge in [-0.15, -0.1) is 0 Å². The molecule has 0 aliphatic rings. The average molecular weight is 199 g/mol. The first kappa shape index (κ1) is 9.99. The van der Waals surface area contributed by atoms with Gasteiger partial charge in [-0.1, -0.05) is 24.6 Å². The third-order valence-corrected chi connectivity index (χ3v) is 1.82. The smallest absolute Gasteiger partial charge is 0.219 e. The number of nitrogens with zero attached hydrogens (tertiary/aromatic N) is 1. The Morgan fingerprint density at radius 3 is 2.92 bits per heavy atom. The van der Waals surface area contributed by atoms with Crippen molar-refractivity contribution < 1.29 is 4.79 Å². The Labute approximate surface area is 82.1 Å². The second-order valence-corrected chi connectivity index (χ2v) is 3.01. The van der Waals surface area contributed by atoms with Crippen LogP contribution in [0.2, 0.25) is 5.15 Å². The molecule has 0 saturated carbocycles. The predicted octanol–water partition coefficient (Wildman–Crippen LogP) is 1.76. The number of aromatic nitrogens is 1. The minimum Gasteiger partial charge on any atom is -0.352 e. The standard InChI is InChI=1S/C9H11ClN2O/c1-2-9(13)12-6-7-3-4-8(10)11-5-7/h3-5H,2,6H2,1H3,(H,12,13). The molecule has 70 valence electrons. The van der Waals surface area contributed by atoms with E-state index in [1.807, 2.05) is 13.0 Å². The van der Waals surface area contributed by atoms with Crippen LogP contribution < -0.4 is 5.32 Å². The van der Waals surface area contributed by atoms with Crippen molar-refractivity contribution in [2.45, 2.75) is 19.9 Å². The lowest BCUT2D eigenvalue weighted by atomic mass is 10.3. The molecule has 0 aromatic carbocycles. The van der Waals surface area contributed by atoms with Crippen LogP contribution in [0.3, 0.4) is 0 Å². The van der Waals surface area contributed by atoms with Crippen LogP contribution in [-0.4, -0.2) is 10.9 Å². The number of pyridine rings is 1. The molecule has 0 atom stereocenters. The number of hydrogen-bond donors (Lipinski definition) is 1. The molecule has 0 aliphatic carbocycles. The summed E-state index contributed by atoms with van der Waals surface area (Å²) in [6, 6.07) is 3.54. The van der Waals surface area contributed by atoms with Gasteiger partial charge in [0, 0.05) is 19.2 Å². The molecule has 1 aromatic rings. The van der Waals surface area contributed by atoms with Crippen molar-refractivity contribution in [1.29, 1.82) is 0 Å². The molecule has 1 N–H and O–H groups in total. The number of halogens is 1. The maximum absolute atomic E-state index is 10.9. The molecule has 1 amide bonds. The highest BCUT2D eigenvalue weighted by molar-refractivity contribution is 6.29. The number of amides is 1. The van der Waals surface area contributed by atoms with Gasteiger partial charge in [-0.05, 0) is 11.6 Å². The van der Waals surface area contributed by atoms with Crippen molar-refractivity contribution >= 4 is 17.5 Å². The molecule has 4 heteroatoms. The van der Waals surface area contributed by atoms with E-state index in [0.717, 1.165) is 5.56 Å². The lowest BCUT2D eigenvalue weighted by Gasteiger charge is -2.02. The Kier molecular flexibility index (Phi) is 3.71. The second kappa shape index (κ2) is 4.82. The molecule has 0 aliphatic heterocycles. The number of rotatable bonds is 3. The second-order valence-electron chi connectivity index (χ2n) is 2.62. The summed E-state index contributed by atoms with van der Waals surface area (Å²) in [5.41, 5.74) is 0.950. The maximum atomic E-state index is 10.9. The highest BCUT2D eigenvalue weighted by atomic mass is 35.5. The largest absolute Gasteiger partial charge is 0.352 e. The van der Waals surface area contributed by atoms with E-state index in [-0.39, 0.29) is 5.91 Å². The fourth-order valence-corrected chi connectivity index (χ4v) is 0.948. The van der Waals surface area contributed by atoms with Crippen molar-refractivity contribution in [1.82, 2.24) is 10.3 Å². The van der Waals surface area contributed by atoms with Crippen LogP contribution >= 0.6 is 11.6 Å². The first-order valence-corrected chi connectivity index (χ1v) is 4.47. The Balaban J connectivity index is 2.46. The summed E-state index contributed by atoms with van der Waals surface area (Å²) in [5.74, 6) is 0.0370. The molecule has 3 nitrogen and oxygen atoms in total. The third kappa shape index (κ3) is 3.42. The monoisotopic (exact) mass is 198 g/mol. The van der Waals surface area contributed by atoms with E-state index in [2.05, 4.69) is 10.3 Å². The Morgan fingerprint density at radius 2 is 2.38 bits per heavy atom. The van der Waals surface area contributed by atoms with Gasteiger partial charge in [-0.25, -0.2) is 4.98 Å². The molecular formula is C9H11ClN2O. The Bertz CT molecular complexity index is 284. The van der Waals surface area contributed by atoms with Crippen LogP contribution in [0.1, 0.15) is 18.9 Å². The van der Waals surface area contributed by atoms with Gasteiger partial charge in [0.15, 0.2) is 0 Å². The number of carbonyl (C=O) groups excluding carboxylic acids is 1. The van der Waals surface area contributed by atoms with Gasteiger partial charge in [0.25, 0.3) is 0 Å². The zero-order valence-electron chi connectivity index (χ0n) is 7.38. The van der Waals surface area contributed by atoms with Crippen molar-refractivity contribution in [3.63, 3.8) is 0 Å². The maximum Gasteiger partial charge on any atom is 0.219 e. The summed E-state index contributed by atoms with van der Waals surface area (Å²) < 4.78 is 0. The molecule has 0 fully saturated rings. The molecule has 0 radical (unpaired) electrons. The highest BCUT2D eigenvalue weighted by Gasteiger charge is 1.97. The van der Waals surface area contributed by atoms with Crippen LogP contribution in [0.4, 0.5) is 0 Å². The van der Waals surface area contributed by atoms with Crippen LogP contribution in [-0.2, 0) is 11.3 Å². The average Bonchev–Trinajstić information content (AvgIpc) is 2.16. The minimum atomic E-state index is 0.0370. The number of carbonyl (C=O) groups is 1. The summed E-state index contributed by atoms with van der Waals surface area (Å²) in [5, 5.41) is 3.21. The minimum absolute atomic E-state index is 0.0370. The molecule has 0 saturated heterocycles. The summed E-state index contributed by atoms with van der Waals surface area (Å²) in [4.78, 5) is 14.8. The lowest BCUT2D eigenvalue weighted by molar-refractivity contribution is -0.120. The SMILES string of the molecule is CCC(=O)NCc1ccc(Cl)nc1. The van der Waals surface area contributed by atoms with Gasteiger partial charge < -0.3 is 5.32 Å². The van der Waals surface area contributed by atoms with Crippen LogP contribution in [0.5, 0.6) is 0 Å².